The highest BCUT2D eigenvalue weighted by Gasteiger charge is 2.16. The summed E-state index contributed by atoms with van der Waals surface area (Å²) in [4.78, 5) is 3.77. The molecule has 0 aliphatic carbocycles. The fraction of sp³-hybridized carbons (Fsp3) is 0.375. The summed E-state index contributed by atoms with van der Waals surface area (Å²) in [5.74, 6) is 0. The van der Waals surface area contributed by atoms with Gasteiger partial charge in [-0.3, -0.25) is 4.98 Å². The molecule has 0 saturated carbocycles. The van der Waals surface area contributed by atoms with E-state index in [1.54, 1.807) is 0 Å². The maximum Gasteiger partial charge on any atom is 0.101 e. The average molecular weight is 219 g/mol. The van der Waals surface area contributed by atoms with Crippen LogP contribution in [-0.4, -0.2) is 10.1 Å². The molecule has 0 fully saturated rings. The summed E-state index contributed by atoms with van der Waals surface area (Å²) in [6.45, 7) is 2.94. The van der Waals surface area contributed by atoms with Crippen molar-refractivity contribution in [2.45, 2.75) is 19.4 Å². The van der Waals surface area contributed by atoms with Gasteiger partial charge in [-0.2, -0.15) is 0 Å². The molecule has 0 aromatic carbocycles. The van der Waals surface area contributed by atoms with Crippen LogP contribution in [0.2, 0.25) is 0 Å². The Kier molecular flexibility index (Phi) is 1.40. The Balaban J connectivity index is 3.49. The SMILES string of the molecule is [2H]c1nc(C(C)(C)O)c([2H])c([2H])c1Br. The van der Waals surface area contributed by atoms with Gasteiger partial charge >= 0.3 is 0 Å². The fourth-order valence-electron chi connectivity index (χ4n) is 0.565. The lowest BCUT2D eigenvalue weighted by Crippen LogP contribution is -2.16. The van der Waals surface area contributed by atoms with E-state index in [0.29, 0.717) is 0 Å². The van der Waals surface area contributed by atoms with Crippen LogP contribution < -0.4 is 0 Å². The third-order valence-corrected chi connectivity index (χ3v) is 1.51. The molecule has 1 heterocycles. The molecule has 0 aliphatic rings. The quantitative estimate of drug-likeness (QED) is 0.784. The number of halogens is 1. The van der Waals surface area contributed by atoms with Crippen molar-refractivity contribution in [1.29, 1.82) is 0 Å². The zero-order chi connectivity index (χ0) is 11.1. The molecule has 0 bridgehead atoms. The van der Waals surface area contributed by atoms with Gasteiger partial charge in [-0.25, -0.2) is 0 Å². The molecule has 2 nitrogen and oxygen atoms in total. The van der Waals surface area contributed by atoms with Crippen molar-refractivity contribution in [3.8, 4) is 0 Å². The molecule has 3 heteroatoms. The number of rotatable bonds is 1. The minimum absolute atomic E-state index is 0.0516. The summed E-state index contributed by atoms with van der Waals surface area (Å²) in [5, 5.41) is 9.65. The van der Waals surface area contributed by atoms with Gasteiger partial charge in [0.1, 0.15) is 5.60 Å². The third kappa shape index (κ3) is 2.27. The normalized spacial score (nSPS) is 15.5. The maximum absolute atomic E-state index is 9.65. The van der Waals surface area contributed by atoms with Crippen LogP contribution in [-0.2, 0) is 5.60 Å². The first kappa shape index (κ1) is 5.27. The van der Waals surface area contributed by atoms with Crippen molar-refractivity contribution in [1.82, 2.24) is 4.98 Å². The zero-order valence-corrected chi connectivity index (χ0v) is 7.86. The molecule has 0 radical (unpaired) electrons. The van der Waals surface area contributed by atoms with Crippen LogP contribution in [0.5, 0.6) is 0 Å². The van der Waals surface area contributed by atoms with Gasteiger partial charge in [0, 0.05) is 10.6 Å². The van der Waals surface area contributed by atoms with Gasteiger partial charge in [0.05, 0.1) is 9.81 Å². The van der Waals surface area contributed by atoms with E-state index in [-0.39, 0.29) is 28.4 Å². The second-order valence-electron chi connectivity index (χ2n) is 2.70. The van der Waals surface area contributed by atoms with Crippen LogP contribution in [0.4, 0.5) is 0 Å². The average Bonchev–Trinajstić information content (AvgIpc) is 2.06. The first-order valence-electron chi connectivity index (χ1n) is 4.61. The molecule has 0 amide bonds. The Morgan fingerprint density at radius 3 is 2.82 bits per heavy atom. The van der Waals surface area contributed by atoms with E-state index in [1.165, 1.54) is 13.8 Å². The second-order valence-corrected chi connectivity index (χ2v) is 3.49. The molecule has 0 aliphatic heterocycles. The summed E-state index contributed by atoms with van der Waals surface area (Å²) in [6, 6.07) is -0.275. The zero-order valence-electron chi connectivity index (χ0n) is 9.27. The molecule has 1 aromatic rings. The first-order chi connectivity index (χ1) is 6.25. The monoisotopic (exact) mass is 218 g/mol. The van der Waals surface area contributed by atoms with Crippen LogP contribution >= 0.6 is 15.9 Å². The van der Waals surface area contributed by atoms with Crippen molar-refractivity contribution in [3.63, 3.8) is 0 Å². The van der Waals surface area contributed by atoms with E-state index in [1.807, 2.05) is 0 Å². The number of nitrogens with zero attached hydrogens (tertiary/aromatic N) is 1. The van der Waals surface area contributed by atoms with Crippen molar-refractivity contribution in [3.05, 3.63) is 28.4 Å². The Labute approximate surface area is 78.6 Å². The van der Waals surface area contributed by atoms with Crippen LogP contribution in [0.15, 0.2) is 22.7 Å². The summed E-state index contributed by atoms with van der Waals surface area (Å²) < 4.78 is 22.6. The Morgan fingerprint density at radius 1 is 1.64 bits per heavy atom. The lowest BCUT2D eigenvalue weighted by atomic mass is 10.1. The molecule has 1 rings (SSSR count). The van der Waals surface area contributed by atoms with Gasteiger partial charge in [-0.15, -0.1) is 0 Å². The minimum Gasteiger partial charge on any atom is -0.384 e. The molecule has 60 valence electrons. The standard InChI is InChI=1S/C8H10BrNO/c1-8(2,11)7-4-3-6(9)5-10-7/h3-5,11H,1-2H3/i3D,4D,5D. The van der Waals surface area contributed by atoms with Gasteiger partial charge in [-0.05, 0) is 41.9 Å². The van der Waals surface area contributed by atoms with E-state index in [9.17, 15) is 5.11 Å². The number of hydrogen-bond acceptors (Lipinski definition) is 2. The van der Waals surface area contributed by atoms with Crippen molar-refractivity contribution >= 4 is 15.9 Å². The lowest BCUT2D eigenvalue weighted by molar-refractivity contribution is 0.0738. The van der Waals surface area contributed by atoms with E-state index in [2.05, 4.69) is 20.9 Å². The summed E-state index contributed by atoms with van der Waals surface area (Å²) >= 11 is 2.99. The Bertz CT molecular complexity index is 376. The number of hydrogen-bond donors (Lipinski definition) is 1. The second kappa shape index (κ2) is 2.91. The summed E-state index contributed by atoms with van der Waals surface area (Å²) in [7, 11) is 0. The van der Waals surface area contributed by atoms with E-state index in [0.717, 1.165) is 0 Å². The number of aromatic nitrogens is 1. The molecular formula is C8H10BrNO. The Morgan fingerprint density at radius 2 is 2.27 bits per heavy atom. The van der Waals surface area contributed by atoms with Crippen LogP contribution in [0.3, 0.4) is 0 Å². The molecule has 1 N–H and O–H groups in total. The highest BCUT2D eigenvalue weighted by Crippen LogP contribution is 2.18. The van der Waals surface area contributed by atoms with Gasteiger partial charge in [0.25, 0.3) is 0 Å². The molecule has 0 atom stereocenters. The van der Waals surface area contributed by atoms with E-state index >= 15 is 0 Å². The molecule has 0 unspecified atom stereocenters. The van der Waals surface area contributed by atoms with Crippen LogP contribution in [0.1, 0.15) is 23.7 Å². The van der Waals surface area contributed by atoms with E-state index < -0.39 is 5.60 Å². The van der Waals surface area contributed by atoms with Crippen molar-refractivity contribution < 1.29 is 9.22 Å². The van der Waals surface area contributed by atoms with Gasteiger partial charge in [0.2, 0.25) is 0 Å². The highest BCUT2D eigenvalue weighted by molar-refractivity contribution is 9.10. The fourth-order valence-corrected chi connectivity index (χ4v) is 0.752. The van der Waals surface area contributed by atoms with Gasteiger partial charge < -0.3 is 5.11 Å². The minimum atomic E-state index is -1.30. The lowest BCUT2D eigenvalue weighted by Gasteiger charge is -2.15. The maximum atomic E-state index is 9.65. The van der Waals surface area contributed by atoms with Crippen molar-refractivity contribution in [2.75, 3.05) is 0 Å². The molecule has 11 heavy (non-hydrogen) atoms. The highest BCUT2D eigenvalue weighted by atomic mass is 79.9. The topological polar surface area (TPSA) is 33.1 Å². The largest absolute Gasteiger partial charge is 0.384 e. The van der Waals surface area contributed by atoms with Gasteiger partial charge in [-0.1, -0.05) is 0 Å². The molecule has 0 spiro atoms. The predicted molar refractivity (Wildman–Crippen MR) is 47.2 cm³/mol. The molecule has 1 aromatic heterocycles. The molecule has 0 saturated heterocycles. The van der Waals surface area contributed by atoms with Crippen LogP contribution in [0, 0.1) is 0 Å². The van der Waals surface area contributed by atoms with Crippen LogP contribution in [0.25, 0.3) is 0 Å². The Hall–Kier alpha value is -0.410. The third-order valence-electron chi connectivity index (χ3n) is 1.14. The predicted octanol–water partition coefficient (Wildman–Crippen LogP) is 2.07. The number of pyridine rings is 1. The van der Waals surface area contributed by atoms with Gasteiger partial charge in [0.15, 0.2) is 0 Å². The van der Waals surface area contributed by atoms with E-state index in [4.69, 9.17) is 4.11 Å². The smallest absolute Gasteiger partial charge is 0.101 e. The van der Waals surface area contributed by atoms with Crippen molar-refractivity contribution in [2.24, 2.45) is 0 Å². The summed E-state index contributed by atoms with van der Waals surface area (Å²) in [6.07, 6.45) is -0.136. The first-order valence-corrected chi connectivity index (χ1v) is 3.90. The number of aliphatic hydroxyl groups is 1. The molecular weight excluding hydrogens is 206 g/mol. The summed E-state index contributed by atoms with van der Waals surface area (Å²) in [5.41, 5.74) is -1.25.